The first-order valence-electron chi connectivity index (χ1n) is 10.9. The molecule has 6 heteroatoms. The Morgan fingerprint density at radius 1 is 1.09 bits per heavy atom. The molecule has 33 heavy (non-hydrogen) atoms. The van der Waals surface area contributed by atoms with Crippen LogP contribution in [0.2, 0.25) is 5.02 Å². The fraction of sp³-hybridized carbons (Fsp3) is 0.185. The van der Waals surface area contributed by atoms with Crippen molar-refractivity contribution in [1.82, 2.24) is 0 Å². The van der Waals surface area contributed by atoms with E-state index < -0.39 is 5.92 Å². The first kappa shape index (κ1) is 21.7. The summed E-state index contributed by atoms with van der Waals surface area (Å²) < 4.78 is 0. The largest absolute Gasteiger partial charge is 0.507 e. The van der Waals surface area contributed by atoms with E-state index in [0.717, 1.165) is 28.2 Å². The number of thiophene rings is 1. The molecule has 1 aliphatic carbocycles. The lowest BCUT2D eigenvalue weighted by molar-refractivity contribution is -0.116. The van der Waals surface area contributed by atoms with Gasteiger partial charge in [0.1, 0.15) is 11.6 Å². The van der Waals surface area contributed by atoms with Crippen LogP contribution < -0.4 is 4.90 Å². The lowest BCUT2D eigenvalue weighted by atomic mass is 9.76. The highest BCUT2D eigenvalue weighted by Crippen LogP contribution is 2.48. The zero-order chi connectivity index (χ0) is 23.1. The monoisotopic (exact) mass is 474 g/mol. The van der Waals surface area contributed by atoms with E-state index in [1.54, 1.807) is 24.3 Å². The summed E-state index contributed by atoms with van der Waals surface area (Å²) in [5.74, 6) is -0.200. The van der Waals surface area contributed by atoms with Crippen LogP contribution in [0, 0.1) is 12.3 Å². The van der Waals surface area contributed by atoms with Crippen LogP contribution in [-0.4, -0.2) is 16.7 Å². The summed E-state index contributed by atoms with van der Waals surface area (Å²) >= 11 is 7.61. The quantitative estimate of drug-likeness (QED) is 0.392. The van der Waals surface area contributed by atoms with E-state index in [1.807, 2.05) is 53.6 Å². The maximum Gasteiger partial charge on any atom is 0.161 e. The molecular formula is C27H23ClN2O2S. The summed E-state index contributed by atoms with van der Waals surface area (Å²) in [6.45, 7) is 2.02. The molecule has 166 valence electrons. The number of benzene rings is 2. The first-order chi connectivity index (χ1) is 16.0. The van der Waals surface area contributed by atoms with E-state index in [0.29, 0.717) is 34.6 Å². The molecule has 1 aromatic heterocycles. The van der Waals surface area contributed by atoms with Crippen molar-refractivity contribution in [1.29, 1.82) is 5.41 Å². The number of Topliss-reactive ketones (excluding diaryl/α,β-unsaturated/α-hetero) is 1. The van der Waals surface area contributed by atoms with Crippen molar-refractivity contribution in [2.75, 3.05) is 4.90 Å². The molecule has 2 aromatic carbocycles. The van der Waals surface area contributed by atoms with E-state index in [2.05, 4.69) is 0 Å². The molecule has 3 aromatic rings. The van der Waals surface area contributed by atoms with Crippen LogP contribution in [0.5, 0.6) is 0 Å². The molecule has 0 saturated heterocycles. The lowest BCUT2D eigenvalue weighted by Crippen LogP contribution is -2.42. The van der Waals surface area contributed by atoms with Crippen LogP contribution in [0.25, 0.3) is 5.76 Å². The number of halogens is 1. The maximum atomic E-state index is 13.3. The van der Waals surface area contributed by atoms with Gasteiger partial charge in [-0.2, -0.15) is 0 Å². The summed E-state index contributed by atoms with van der Waals surface area (Å²) in [4.78, 5) is 16.1. The van der Waals surface area contributed by atoms with E-state index >= 15 is 0 Å². The Morgan fingerprint density at radius 2 is 1.82 bits per heavy atom. The normalized spacial score (nSPS) is 20.2. The Kier molecular flexibility index (Phi) is 5.69. The van der Waals surface area contributed by atoms with E-state index in [-0.39, 0.29) is 17.4 Å². The number of aryl methyl sites for hydroxylation is 1. The molecule has 0 saturated carbocycles. The van der Waals surface area contributed by atoms with Gasteiger partial charge in [-0.15, -0.1) is 11.3 Å². The molecule has 0 radical (unpaired) electrons. The Hall–Kier alpha value is -3.15. The van der Waals surface area contributed by atoms with Gasteiger partial charge in [-0.25, -0.2) is 0 Å². The molecule has 5 rings (SSSR count). The van der Waals surface area contributed by atoms with Gasteiger partial charge in [0.2, 0.25) is 0 Å². The van der Waals surface area contributed by atoms with Gasteiger partial charge in [0, 0.05) is 38.8 Å². The highest BCUT2D eigenvalue weighted by atomic mass is 35.5. The number of nitrogens with one attached hydrogen (secondary N) is 1. The summed E-state index contributed by atoms with van der Waals surface area (Å²) in [5, 5.41) is 23.3. The highest BCUT2D eigenvalue weighted by molar-refractivity contribution is 7.10. The van der Waals surface area contributed by atoms with Crippen molar-refractivity contribution < 1.29 is 9.90 Å². The number of hydrogen-bond acceptors (Lipinski definition) is 4. The third kappa shape index (κ3) is 3.81. The average Bonchev–Trinajstić information content (AvgIpc) is 3.34. The van der Waals surface area contributed by atoms with Crippen LogP contribution in [0.1, 0.15) is 41.2 Å². The number of carbonyl (C=O) groups is 1. The first-order valence-corrected chi connectivity index (χ1v) is 12.2. The van der Waals surface area contributed by atoms with E-state index in [1.165, 1.54) is 11.3 Å². The average molecular weight is 475 g/mol. The summed E-state index contributed by atoms with van der Waals surface area (Å²) in [6.07, 6.45) is 1.95. The molecule has 0 bridgehead atoms. The molecule has 0 amide bonds. The topological polar surface area (TPSA) is 64.4 Å². The zero-order valence-corrected chi connectivity index (χ0v) is 19.7. The van der Waals surface area contributed by atoms with Gasteiger partial charge in [0.25, 0.3) is 0 Å². The predicted molar refractivity (Wildman–Crippen MR) is 135 cm³/mol. The predicted octanol–water partition coefficient (Wildman–Crippen LogP) is 7.27. The molecule has 1 unspecified atom stereocenters. The molecule has 2 N–H and O–H groups in total. The van der Waals surface area contributed by atoms with Gasteiger partial charge in [-0.05, 0) is 67.6 Å². The number of aliphatic hydroxyl groups excluding tert-OH is 1. The Bertz CT molecular complexity index is 1290. The van der Waals surface area contributed by atoms with Crippen LogP contribution >= 0.6 is 22.9 Å². The van der Waals surface area contributed by atoms with Crippen LogP contribution in [-0.2, 0) is 4.79 Å². The minimum atomic E-state index is -0.474. The van der Waals surface area contributed by atoms with Crippen molar-refractivity contribution in [3.8, 4) is 0 Å². The lowest BCUT2D eigenvalue weighted by Gasteiger charge is -2.41. The van der Waals surface area contributed by atoms with Gasteiger partial charge in [-0.1, -0.05) is 35.4 Å². The number of carbonyl (C=O) groups excluding carboxylic acids is 1. The molecule has 0 spiro atoms. The van der Waals surface area contributed by atoms with Crippen molar-refractivity contribution in [3.63, 3.8) is 0 Å². The third-order valence-corrected chi connectivity index (χ3v) is 7.44. The number of hydrogen-bond donors (Lipinski definition) is 2. The van der Waals surface area contributed by atoms with Gasteiger partial charge in [-0.3, -0.25) is 15.1 Å². The van der Waals surface area contributed by atoms with Gasteiger partial charge >= 0.3 is 0 Å². The number of allylic oxidation sites excluding steroid dienone is 2. The minimum Gasteiger partial charge on any atom is -0.507 e. The Balaban J connectivity index is 1.80. The van der Waals surface area contributed by atoms with Crippen molar-refractivity contribution in [2.45, 2.75) is 32.1 Å². The number of rotatable bonds is 3. The Morgan fingerprint density at radius 3 is 2.48 bits per heavy atom. The molecular weight excluding hydrogens is 452 g/mol. The summed E-state index contributed by atoms with van der Waals surface area (Å²) in [7, 11) is 0. The van der Waals surface area contributed by atoms with Gasteiger partial charge in [0.05, 0.1) is 11.5 Å². The third-order valence-electron chi connectivity index (χ3n) is 6.25. The number of anilines is 1. The number of ketones is 1. The summed E-state index contributed by atoms with van der Waals surface area (Å²) in [5.41, 5.74) is 4.50. The molecule has 1 atom stereocenters. The highest BCUT2D eigenvalue weighted by Gasteiger charge is 2.43. The molecule has 0 fully saturated rings. The van der Waals surface area contributed by atoms with Crippen molar-refractivity contribution in [3.05, 3.63) is 104 Å². The van der Waals surface area contributed by atoms with Crippen molar-refractivity contribution in [2.24, 2.45) is 0 Å². The van der Waals surface area contributed by atoms with E-state index in [4.69, 9.17) is 11.6 Å². The fourth-order valence-electron chi connectivity index (χ4n) is 4.67. The molecule has 2 aliphatic rings. The number of amidine groups is 1. The zero-order valence-electron chi connectivity index (χ0n) is 18.1. The smallest absolute Gasteiger partial charge is 0.161 e. The molecule has 4 nitrogen and oxygen atoms in total. The second kappa shape index (κ2) is 8.65. The number of aliphatic hydroxyl groups is 1. The molecule has 2 heterocycles. The SMILES string of the molecule is Cc1ccc(N2C(=N)/C(=C(/O)c3ccc(Cl)cc3)C(c3cccs3)C3=C2CCCC3=O)cc1. The number of nitrogens with zero attached hydrogens (tertiary/aromatic N) is 1. The van der Waals surface area contributed by atoms with Gasteiger partial charge in [0.15, 0.2) is 5.78 Å². The van der Waals surface area contributed by atoms with Gasteiger partial charge < -0.3 is 5.11 Å². The second-order valence-corrected chi connectivity index (χ2v) is 9.79. The van der Waals surface area contributed by atoms with Crippen LogP contribution in [0.4, 0.5) is 5.69 Å². The van der Waals surface area contributed by atoms with Crippen molar-refractivity contribution >= 4 is 46.0 Å². The molecule has 1 aliphatic heterocycles. The maximum absolute atomic E-state index is 13.3. The minimum absolute atomic E-state index is 0.00268. The Labute approximate surface area is 202 Å². The standard InChI is InChI=1S/C27H23ClN2O2S/c1-16-7-13-19(14-8-16)30-20-4-2-5-21(31)23(20)24(22-6-3-15-33-22)25(27(30)29)26(32)17-9-11-18(28)12-10-17/h3,6-15,24,29,32H,2,4-5H2,1H3/b26-25+,29-27?. The van der Waals surface area contributed by atoms with Crippen LogP contribution in [0.15, 0.2) is 82.9 Å². The summed E-state index contributed by atoms with van der Waals surface area (Å²) in [6, 6.07) is 18.8. The fourth-order valence-corrected chi connectivity index (χ4v) is 5.64. The van der Waals surface area contributed by atoms with E-state index in [9.17, 15) is 15.3 Å². The van der Waals surface area contributed by atoms with Crippen LogP contribution in [0.3, 0.4) is 0 Å². The second-order valence-electron chi connectivity index (χ2n) is 8.37.